The van der Waals surface area contributed by atoms with E-state index in [0.717, 1.165) is 29.8 Å². The van der Waals surface area contributed by atoms with Gasteiger partial charge in [-0.3, -0.25) is 4.79 Å². The van der Waals surface area contributed by atoms with Crippen molar-refractivity contribution < 1.29 is 19.1 Å². The van der Waals surface area contributed by atoms with E-state index in [1.807, 2.05) is 45.0 Å². The topological polar surface area (TPSA) is 64.6 Å². The van der Waals surface area contributed by atoms with Crippen molar-refractivity contribution in [3.63, 3.8) is 0 Å². The van der Waals surface area contributed by atoms with Gasteiger partial charge in [0.1, 0.15) is 5.75 Å². The number of dihydropyridines is 1. The van der Waals surface area contributed by atoms with E-state index < -0.39 is 11.9 Å². The van der Waals surface area contributed by atoms with Crippen LogP contribution in [-0.2, 0) is 14.3 Å². The molecule has 2 aliphatic rings. The first-order valence-corrected chi connectivity index (χ1v) is 10.8. The van der Waals surface area contributed by atoms with Crippen LogP contribution in [0.4, 0.5) is 0 Å². The van der Waals surface area contributed by atoms with Crippen LogP contribution in [-0.4, -0.2) is 24.5 Å². The van der Waals surface area contributed by atoms with Crippen molar-refractivity contribution in [1.82, 2.24) is 5.32 Å². The van der Waals surface area contributed by atoms with Gasteiger partial charge in [0, 0.05) is 29.0 Å². The Morgan fingerprint density at radius 1 is 1.23 bits per heavy atom. The van der Waals surface area contributed by atoms with Gasteiger partial charge in [-0.25, -0.2) is 4.79 Å². The molecule has 1 aromatic carbocycles. The van der Waals surface area contributed by atoms with Crippen LogP contribution < -0.4 is 10.1 Å². The predicted molar refractivity (Wildman–Crippen MR) is 117 cm³/mol. The molecule has 5 nitrogen and oxygen atoms in total. The van der Waals surface area contributed by atoms with Crippen molar-refractivity contribution in [3.8, 4) is 5.75 Å². The number of allylic oxidation sites excluding steroid dienone is 3. The molecule has 162 valence electrons. The highest BCUT2D eigenvalue weighted by Gasteiger charge is 2.44. The third-order valence-electron chi connectivity index (χ3n) is 5.49. The van der Waals surface area contributed by atoms with Crippen LogP contribution in [0.2, 0.25) is 0 Å². The third-order valence-corrected chi connectivity index (χ3v) is 5.49. The minimum atomic E-state index is -0.496. The zero-order chi connectivity index (χ0) is 22.1. The van der Waals surface area contributed by atoms with Gasteiger partial charge in [0.05, 0.1) is 24.2 Å². The van der Waals surface area contributed by atoms with E-state index in [1.54, 1.807) is 0 Å². The minimum absolute atomic E-state index is 0.0754. The highest BCUT2D eigenvalue weighted by molar-refractivity contribution is 6.04. The number of hydrogen-bond donors (Lipinski definition) is 1. The minimum Gasteiger partial charge on any atom is -0.493 e. The van der Waals surface area contributed by atoms with Crippen molar-refractivity contribution in [3.05, 3.63) is 52.4 Å². The Hall–Kier alpha value is -2.56. The van der Waals surface area contributed by atoms with Gasteiger partial charge in [-0.2, -0.15) is 0 Å². The molecule has 1 aliphatic carbocycles. The Labute approximate surface area is 179 Å². The van der Waals surface area contributed by atoms with Crippen LogP contribution in [0.15, 0.2) is 46.8 Å². The van der Waals surface area contributed by atoms with E-state index in [0.29, 0.717) is 29.9 Å². The fourth-order valence-electron chi connectivity index (χ4n) is 4.36. The fourth-order valence-corrected chi connectivity index (χ4v) is 4.36. The van der Waals surface area contributed by atoms with E-state index in [1.165, 1.54) is 0 Å². The van der Waals surface area contributed by atoms with Crippen LogP contribution in [0.5, 0.6) is 5.75 Å². The molecule has 30 heavy (non-hydrogen) atoms. The Morgan fingerprint density at radius 2 is 1.93 bits per heavy atom. The number of ether oxygens (including phenoxy) is 2. The quantitative estimate of drug-likeness (QED) is 0.665. The molecule has 5 heteroatoms. The maximum atomic E-state index is 13.3. The summed E-state index contributed by atoms with van der Waals surface area (Å²) in [5, 5.41) is 3.37. The SMILES string of the molecule is CCCOc1ccccc1C1C(C(=O)OC(C)C)=C(C)NC2=C1C(=O)CC(C)(C)C2. The smallest absolute Gasteiger partial charge is 0.337 e. The number of nitrogens with one attached hydrogen (secondary N) is 1. The van der Waals surface area contributed by atoms with Crippen molar-refractivity contribution in [2.24, 2.45) is 5.41 Å². The average Bonchev–Trinajstić information content (AvgIpc) is 2.63. The van der Waals surface area contributed by atoms with Crippen molar-refractivity contribution in [1.29, 1.82) is 0 Å². The largest absolute Gasteiger partial charge is 0.493 e. The molecule has 0 aromatic heterocycles. The Morgan fingerprint density at radius 3 is 2.60 bits per heavy atom. The fraction of sp³-hybridized carbons (Fsp3) is 0.520. The third kappa shape index (κ3) is 4.45. The maximum Gasteiger partial charge on any atom is 0.337 e. The summed E-state index contributed by atoms with van der Waals surface area (Å²) in [7, 11) is 0. The maximum absolute atomic E-state index is 13.3. The van der Waals surface area contributed by atoms with E-state index in [4.69, 9.17) is 9.47 Å². The molecule has 0 saturated carbocycles. The molecule has 1 atom stereocenters. The van der Waals surface area contributed by atoms with Crippen molar-refractivity contribution in [2.75, 3.05) is 6.61 Å². The molecule has 1 aliphatic heterocycles. The van der Waals surface area contributed by atoms with Gasteiger partial charge in [0.25, 0.3) is 0 Å². The lowest BCUT2D eigenvalue weighted by Crippen LogP contribution is -2.39. The number of ketones is 1. The summed E-state index contributed by atoms with van der Waals surface area (Å²) in [5.41, 5.74) is 3.52. The Kier molecular flexibility index (Phi) is 6.39. The summed E-state index contributed by atoms with van der Waals surface area (Å²) in [4.78, 5) is 26.5. The molecule has 1 aromatic rings. The van der Waals surface area contributed by atoms with E-state index >= 15 is 0 Å². The molecule has 3 rings (SSSR count). The van der Waals surface area contributed by atoms with Gasteiger partial charge in [-0.15, -0.1) is 0 Å². The second kappa shape index (κ2) is 8.66. The zero-order valence-electron chi connectivity index (χ0n) is 18.9. The molecule has 0 amide bonds. The van der Waals surface area contributed by atoms with Gasteiger partial charge in [0.15, 0.2) is 5.78 Å². The first-order chi connectivity index (χ1) is 14.1. The van der Waals surface area contributed by atoms with Crippen LogP contribution >= 0.6 is 0 Å². The molecule has 0 saturated heterocycles. The Balaban J connectivity index is 2.18. The summed E-state index contributed by atoms with van der Waals surface area (Å²) in [6.45, 7) is 12.4. The van der Waals surface area contributed by atoms with Gasteiger partial charge in [-0.1, -0.05) is 39.0 Å². The number of hydrogen-bond acceptors (Lipinski definition) is 5. The normalized spacial score (nSPS) is 20.8. The summed E-state index contributed by atoms with van der Waals surface area (Å²) >= 11 is 0. The number of esters is 1. The lowest BCUT2D eigenvalue weighted by molar-refractivity contribution is -0.143. The number of benzene rings is 1. The first kappa shape index (κ1) is 22.1. The highest BCUT2D eigenvalue weighted by Crippen LogP contribution is 2.48. The number of rotatable bonds is 6. The molecule has 0 radical (unpaired) electrons. The number of carbonyl (C=O) groups excluding carboxylic acids is 2. The summed E-state index contributed by atoms with van der Waals surface area (Å²) in [6.07, 6.45) is 1.83. The zero-order valence-corrected chi connectivity index (χ0v) is 18.9. The molecular weight excluding hydrogens is 378 g/mol. The van der Waals surface area contributed by atoms with Gasteiger partial charge >= 0.3 is 5.97 Å². The van der Waals surface area contributed by atoms with E-state index in [2.05, 4.69) is 26.1 Å². The molecule has 0 spiro atoms. The van der Waals surface area contributed by atoms with Crippen LogP contribution in [0.1, 0.15) is 72.3 Å². The molecule has 0 bridgehead atoms. The predicted octanol–water partition coefficient (Wildman–Crippen LogP) is 5.03. The lowest BCUT2D eigenvalue weighted by atomic mass is 9.68. The number of para-hydroxylation sites is 1. The summed E-state index contributed by atoms with van der Waals surface area (Å²) in [6, 6.07) is 7.70. The molecule has 1 unspecified atom stereocenters. The second-order valence-electron chi connectivity index (χ2n) is 9.27. The van der Waals surface area contributed by atoms with Crippen molar-refractivity contribution >= 4 is 11.8 Å². The number of Topliss-reactive ketones (excluding diaryl/α,β-unsaturated/α-hetero) is 1. The van der Waals surface area contributed by atoms with Gasteiger partial charge in [-0.05, 0) is 45.1 Å². The molecular formula is C25H33NO4. The molecule has 0 fully saturated rings. The van der Waals surface area contributed by atoms with Gasteiger partial charge in [0.2, 0.25) is 0 Å². The molecule has 1 heterocycles. The van der Waals surface area contributed by atoms with Gasteiger partial charge < -0.3 is 14.8 Å². The number of carbonyl (C=O) groups is 2. The average molecular weight is 412 g/mol. The second-order valence-corrected chi connectivity index (χ2v) is 9.27. The van der Waals surface area contributed by atoms with E-state index in [9.17, 15) is 9.59 Å². The van der Waals surface area contributed by atoms with Crippen LogP contribution in [0.3, 0.4) is 0 Å². The van der Waals surface area contributed by atoms with Crippen LogP contribution in [0, 0.1) is 5.41 Å². The van der Waals surface area contributed by atoms with E-state index in [-0.39, 0.29) is 17.3 Å². The highest BCUT2D eigenvalue weighted by atomic mass is 16.5. The van der Waals surface area contributed by atoms with Crippen LogP contribution in [0.25, 0.3) is 0 Å². The first-order valence-electron chi connectivity index (χ1n) is 10.8. The lowest BCUT2D eigenvalue weighted by Gasteiger charge is -2.39. The molecule has 1 N–H and O–H groups in total. The standard InChI is InChI=1S/C25H33NO4/c1-7-12-29-20-11-9-8-10-17(20)22-21(24(28)30-15(2)3)16(4)26-18-13-25(5,6)14-19(27)23(18)22/h8-11,15,22,26H,7,12-14H2,1-6H3. The summed E-state index contributed by atoms with van der Waals surface area (Å²) < 4.78 is 11.6. The Bertz CT molecular complexity index is 907. The summed E-state index contributed by atoms with van der Waals surface area (Å²) in [5.74, 6) is -0.108. The van der Waals surface area contributed by atoms with Crippen molar-refractivity contribution in [2.45, 2.75) is 72.8 Å². The monoisotopic (exact) mass is 411 g/mol.